The summed E-state index contributed by atoms with van der Waals surface area (Å²) in [5, 5.41) is 4.06. The largest absolute Gasteiger partial charge is 0.459 e. The smallest absolute Gasteiger partial charge is 0.291 e. The van der Waals surface area contributed by atoms with E-state index in [1.807, 2.05) is 0 Å². The van der Waals surface area contributed by atoms with Gasteiger partial charge in [0, 0.05) is 10.4 Å². The van der Waals surface area contributed by atoms with E-state index in [9.17, 15) is 4.79 Å². The van der Waals surface area contributed by atoms with Crippen LogP contribution in [0.3, 0.4) is 0 Å². The number of furan rings is 1. The zero-order valence-electron chi connectivity index (χ0n) is 17.3. The number of anilines is 1. The SMILES string of the molecule is Cc1ccc([C@H](c2c(NC(=O)c3ccco3)sc(C)c2C)N2CCCCC2)cc1. The number of amides is 1. The third-order valence-electron chi connectivity index (χ3n) is 5.83. The number of carbonyl (C=O) groups excluding carboxylic acids is 1. The number of rotatable bonds is 5. The molecule has 0 spiro atoms. The van der Waals surface area contributed by atoms with Crippen molar-refractivity contribution in [3.63, 3.8) is 0 Å². The number of aryl methyl sites for hydroxylation is 2. The van der Waals surface area contributed by atoms with E-state index < -0.39 is 0 Å². The van der Waals surface area contributed by atoms with Crippen molar-refractivity contribution in [3.8, 4) is 0 Å². The summed E-state index contributed by atoms with van der Waals surface area (Å²) in [5.41, 5.74) is 5.03. The summed E-state index contributed by atoms with van der Waals surface area (Å²) in [7, 11) is 0. The summed E-state index contributed by atoms with van der Waals surface area (Å²) in [5.74, 6) is 0.142. The van der Waals surface area contributed by atoms with E-state index >= 15 is 0 Å². The molecule has 1 aliphatic rings. The number of hydrogen-bond donors (Lipinski definition) is 1. The number of carbonyl (C=O) groups is 1. The highest BCUT2D eigenvalue weighted by molar-refractivity contribution is 7.16. The minimum absolute atomic E-state index is 0.146. The molecule has 1 saturated heterocycles. The molecule has 1 aromatic carbocycles. The van der Waals surface area contributed by atoms with E-state index in [2.05, 4.69) is 55.3 Å². The van der Waals surface area contributed by atoms with Gasteiger partial charge in [-0.3, -0.25) is 9.69 Å². The molecule has 0 radical (unpaired) electrons. The Bertz CT molecular complexity index is 967. The van der Waals surface area contributed by atoms with Crippen LogP contribution in [0.4, 0.5) is 5.00 Å². The van der Waals surface area contributed by atoms with Crippen molar-refractivity contribution in [3.05, 3.63) is 75.6 Å². The van der Waals surface area contributed by atoms with Crippen LogP contribution < -0.4 is 5.32 Å². The third kappa shape index (κ3) is 4.16. The number of benzene rings is 1. The van der Waals surface area contributed by atoms with E-state index in [1.165, 1.54) is 52.7 Å². The highest BCUT2D eigenvalue weighted by Crippen LogP contribution is 2.43. The van der Waals surface area contributed by atoms with E-state index in [-0.39, 0.29) is 11.9 Å². The van der Waals surface area contributed by atoms with Crippen molar-refractivity contribution in [2.45, 2.75) is 46.1 Å². The van der Waals surface area contributed by atoms with E-state index in [1.54, 1.807) is 23.5 Å². The molecule has 1 aliphatic heterocycles. The Morgan fingerprint density at radius 3 is 2.45 bits per heavy atom. The first kappa shape index (κ1) is 19.9. The molecular formula is C24H28N2O2S. The third-order valence-corrected chi connectivity index (χ3v) is 6.96. The van der Waals surface area contributed by atoms with Crippen LogP contribution in [0.5, 0.6) is 0 Å². The van der Waals surface area contributed by atoms with Crippen molar-refractivity contribution in [2.24, 2.45) is 0 Å². The molecule has 3 heterocycles. The predicted molar refractivity (Wildman–Crippen MR) is 119 cm³/mol. The summed E-state index contributed by atoms with van der Waals surface area (Å²) in [6, 6.07) is 12.4. The lowest BCUT2D eigenvalue weighted by molar-refractivity contribution is 0.0996. The maximum Gasteiger partial charge on any atom is 0.291 e. The Hall–Kier alpha value is -2.37. The monoisotopic (exact) mass is 408 g/mol. The minimum atomic E-state index is -0.196. The Labute approximate surface area is 176 Å². The Balaban J connectivity index is 1.77. The summed E-state index contributed by atoms with van der Waals surface area (Å²) in [6.45, 7) is 8.59. The van der Waals surface area contributed by atoms with Gasteiger partial charge in [-0.1, -0.05) is 36.2 Å². The highest BCUT2D eigenvalue weighted by Gasteiger charge is 2.30. The number of hydrogen-bond acceptors (Lipinski definition) is 4. The summed E-state index contributed by atoms with van der Waals surface area (Å²) >= 11 is 1.66. The standard InChI is InChI=1S/C24H28N2O2S/c1-16-9-11-19(12-10-16)22(26-13-5-4-6-14-26)21-17(2)18(3)29-24(21)25-23(27)20-8-7-15-28-20/h7-12,15,22H,4-6,13-14H2,1-3H3,(H,25,27)/t22-/m1/s1. The molecule has 5 heteroatoms. The molecule has 1 N–H and O–H groups in total. The number of thiophene rings is 1. The molecule has 0 saturated carbocycles. The fourth-order valence-corrected chi connectivity index (χ4v) is 5.21. The number of piperidine rings is 1. The van der Waals surface area contributed by atoms with Gasteiger partial charge in [0.2, 0.25) is 0 Å². The Morgan fingerprint density at radius 1 is 1.07 bits per heavy atom. The fraction of sp³-hybridized carbons (Fsp3) is 0.375. The first-order valence-electron chi connectivity index (χ1n) is 10.3. The van der Waals surface area contributed by atoms with Crippen LogP contribution in [0, 0.1) is 20.8 Å². The van der Waals surface area contributed by atoms with Crippen LogP contribution in [0.25, 0.3) is 0 Å². The van der Waals surface area contributed by atoms with Crippen LogP contribution >= 0.6 is 11.3 Å². The van der Waals surface area contributed by atoms with Crippen molar-refractivity contribution < 1.29 is 9.21 Å². The molecule has 1 fully saturated rings. The second-order valence-electron chi connectivity index (χ2n) is 7.87. The molecule has 1 amide bonds. The van der Waals surface area contributed by atoms with Crippen molar-refractivity contribution >= 4 is 22.2 Å². The molecule has 29 heavy (non-hydrogen) atoms. The Kier molecular flexibility index (Phi) is 5.88. The molecule has 0 unspecified atom stereocenters. The fourth-order valence-electron chi connectivity index (χ4n) is 4.12. The molecule has 0 bridgehead atoms. The van der Waals surface area contributed by atoms with Gasteiger partial charge < -0.3 is 9.73 Å². The van der Waals surface area contributed by atoms with E-state index in [4.69, 9.17) is 4.42 Å². The van der Waals surface area contributed by atoms with Crippen molar-refractivity contribution in [1.82, 2.24) is 4.90 Å². The lowest BCUT2D eigenvalue weighted by atomic mass is 9.92. The van der Waals surface area contributed by atoms with E-state index in [0.717, 1.165) is 18.1 Å². The van der Waals surface area contributed by atoms with Gasteiger partial charge in [0.15, 0.2) is 5.76 Å². The average Bonchev–Trinajstić information content (AvgIpc) is 3.35. The average molecular weight is 409 g/mol. The molecule has 1 atom stereocenters. The maximum absolute atomic E-state index is 12.7. The summed E-state index contributed by atoms with van der Waals surface area (Å²) < 4.78 is 5.30. The first-order valence-corrected chi connectivity index (χ1v) is 11.1. The van der Waals surface area contributed by atoms with Gasteiger partial charge in [-0.05, 0) is 70.0 Å². The van der Waals surface area contributed by atoms with E-state index in [0.29, 0.717) is 5.76 Å². The molecule has 0 aliphatic carbocycles. The molecule has 3 aromatic rings. The van der Waals surface area contributed by atoms with Gasteiger partial charge in [-0.2, -0.15) is 0 Å². The van der Waals surface area contributed by atoms with Crippen LogP contribution in [-0.2, 0) is 0 Å². The van der Waals surface area contributed by atoms with Gasteiger partial charge in [-0.25, -0.2) is 0 Å². The molecule has 152 valence electrons. The van der Waals surface area contributed by atoms with Crippen LogP contribution in [-0.4, -0.2) is 23.9 Å². The highest BCUT2D eigenvalue weighted by atomic mass is 32.1. The molecule has 2 aromatic heterocycles. The lowest BCUT2D eigenvalue weighted by Crippen LogP contribution is -2.35. The van der Waals surface area contributed by atoms with Gasteiger partial charge in [-0.15, -0.1) is 11.3 Å². The second-order valence-corrected chi connectivity index (χ2v) is 9.09. The second kappa shape index (κ2) is 8.56. The molecular weight excluding hydrogens is 380 g/mol. The number of nitrogens with one attached hydrogen (secondary N) is 1. The first-order chi connectivity index (χ1) is 14.0. The normalized spacial score (nSPS) is 16.0. The van der Waals surface area contributed by atoms with Gasteiger partial charge in [0.25, 0.3) is 5.91 Å². The summed E-state index contributed by atoms with van der Waals surface area (Å²) in [4.78, 5) is 16.5. The zero-order valence-corrected chi connectivity index (χ0v) is 18.1. The number of nitrogens with zero attached hydrogens (tertiary/aromatic N) is 1. The zero-order chi connectivity index (χ0) is 20.4. The van der Waals surface area contributed by atoms with Crippen LogP contribution in [0.15, 0.2) is 47.1 Å². The van der Waals surface area contributed by atoms with Crippen LogP contribution in [0.2, 0.25) is 0 Å². The van der Waals surface area contributed by atoms with Gasteiger partial charge in [0.05, 0.1) is 12.3 Å². The molecule has 4 nitrogen and oxygen atoms in total. The topological polar surface area (TPSA) is 45.5 Å². The predicted octanol–water partition coefficient (Wildman–Crippen LogP) is 6.09. The molecule has 4 rings (SSSR count). The van der Waals surface area contributed by atoms with Gasteiger partial charge in [0.1, 0.15) is 5.00 Å². The summed E-state index contributed by atoms with van der Waals surface area (Å²) in [6.07, 6.45) is 5.27. The quantitative estimate of drug-likeness (QED) is 0.555. The van der Waals surface area contributed by atoms with Crippen molar-refractivity contribution in [2.75, 3.05) is 18.4 Å². The maximum atomic E-state index is 12.7. The Morgan fingerprint density at radius 2 is 1.79 bits per heavy atom. The van der Waals surface area contributed by atoms with Crippen molar-refractivity contribution in [1.29, 1.82) is 0 Å². The van der Waals surface area contributed by atoms with Crippen LogP contribution in [0.1, 0.15) is 63.0 Å². The minimum Gasteiger partial charge on any atom is -0.459 e. The lowest BCUT2D eigenvalue weighted by Gasteiger charge is -2.36. The number of likely N-dealkylation sites (tertiary alicyclic amines) is 1. The van der Waals surface area contributed by atoms with Gasteiger partial charge >= 0.3 is 0 Å².